The van der Waals surface area contributed by atoms with Gasteiger partial charge in [0, 0.05) is 13.1 Å². The van der Waals surface area contributed by atoms with Crippen LogP contribution in [-0.4, -0.2) is 49.5 Å². The lowest BCUT2D eigenvalue weighted by Gasteiger charge is -2.26. The summed E-state index contributed by atoms with van der Waals surface area (Å²) in [6, 6.07) is 14.2. The number of hydrogen-bond donors (Lipinski definition) is 0. The molecule has 1 unspecified atom stereocenters. The molecule has 2 heterocycles. The van der Waals surface area contributed by atoms with Gasteiger partial charge in [-0.15, -0.1) is 0 Å². The standard InChI is InChI=1S/C24H26N2O4/c1-4-15-29-17-11-9-16(10-12-17)21-20-22(27)18-7-5-6-8-19(18)30-23(20)24(28)26(21)14-13-25(2)3/h5-12,21H,4,13-15H2,1-3H3. The first kappa shape index (κ1) is 20.2. The smallest absolute Gasteiger partial charge is 0.290 e. The number of carbonyl (C=O) groups is 1. The molecule has 0 N–H and O–H groups in total. The number of amides is 1. The third-order valence-corrected chi connectivity index (χ3v) is 5.33. The van der Waals surface area contributed by atoms with Crippen molar-refractivity contribution in [2.75, 3.05) is 33.8 Å². The van der Waals surface area contributed by atoms with E-state index in [9.17, 15) is 9.59 Å². The number of carbonyl (C=O) groups excluding carboxylic acids is 1. The maximum Gasteiger partial charge on any atom is 0.290 e. The normalized spacial score (nSPS) is 15.8. The van der Waals surface area contributed by atoms with Crippen molar-refractivity contribution in [2.45, 2.75) is 19.4 Å². The monoisotopic (exact) mass is 406 g/mol. The molecule has 30 heavy (non-hydrogen) atoms. The zero-order valence-electron chi connectivity index (χ0n) is 17.6. The number of ether oxygens (including phenoxy) is 1. The van der Waals surface area contributed by atoms with Gasteiger partial charge in [0.25, 0.3) is 5.91 Å². The van der Waals surface area contributed by atoms with Crippen molar-refractivity contribution in [1.29, 1.82) is 0 Å². The Morgan fingerprint density at radius 1 is 1.07 bits per heavy atom. The first-order valence-electron chi connectivity index (χ1n) is 10.3. The van der Waals surface area contributed by atoms with Crippen LogP contribution < -0.4 is 10.2 Å². The molecule has 4 rings (SSSR count). The van der Waals surface area contributed by atoms with Gasteiger partial charge in [0.1, 0.15) is 11.3 Å². The van der Waals surface area contributed by atoms with Crippen molar-refractivity contribution < 1.29 is 13.9 Å². The summed E-state index contributed by atoms with van der Waals surface area (Å²) < 4.78 is 11.6. The Morgan fingerprint density at radius 2 is 1.80 bits per heavy atom. The topological polar surface area (TPSA) is 63.0 Å². The second-order valence-corrected chi connectivity index (χ2v) is 7.79. The molecule has 0 aliphatic carbocycles. The van der Waals surface area contributed by atoms with E-state index in [-0.39, 0.29) is 17.1 Å². The van der Waals surface area contributed by atoms with Crippen molar-refractivity contribution in [3.63, 3.8) is 0 Å². The third-order valence-electron chi connectivity index (χ3n) is 5.33. The summed E-state index contributed by atoms with van der Waals surface area (Å²) in [5, 5.41) is 0.492. The minimum atomic E-state index is -0.478. The summed E-state index contributed by atoms with van der Waals surface area (Å²) in [4.78, 5) is 30.4. The van der Waals surface area contributed by atoms with Crippen molar-refractivity contribution in [1.82, 2.24) is 9.80 Å². The summed E-state index contributed by atoms with van der Waals surface area (Å²) in [6.07, 6.45) is 0.929. The van der Waals surface area contributed by atoms with Gasteiger partial charge in [-0.1, -0.05) is 31.2 Å². The quantitative estimate of drug-likeness (QED) is 0.599. The van der Waals surface area contributed by atoms with E-state index in [1.807, 2.05) is 43.3 Å². The van der Waals surface area contributed by atoms with Crippen LogP contribution in [0.4, 0.5) is 0 Å². The van der Waals surface area contributed by atoms with Crippen LogP contribution in [0.1, 0.15) is 41.1 Å². The molecule has 0 bridgehead atoms. The van der Waals surface area contributed by atoms with Gasteiger partial charge in [0.15, 0.2) is 5.43 Å². The maximum absolute atomic E-state index is 13.4. The first-order valence-corrected chi connectivity index (χ1v) is 10.3. The Bertz CT molecular complexity index is 1120. The van der Waals surface area contributed by atoms with Crippen LogP contribution in [0.5, 0.6) is 5.75 Å². The van der Waals surface area contributed by atoms with E-state index in [4.69, 9.17) is 9.15 Å². The van der Waals surface area contributed by atoms with Crippen molar-refractivity contribution in [3.05, 3.63) is 75.6 Å². The van der Waals surface area contributed by atoms with E-state index in [2.05, 4.69) is 6.92 Å². The van der Waals surface area contributed by atoms with Crippen LogP contribution in [0.3, 0.4) is 0 Å². The average molecular weight is 406 g/mol. The fourth-order valence-electron chi connectivity index (χ4n) is 3.82. The van der Waals surface area contributed by atoms with Crippen LogP contribution >= 0.6 is 0 Å². The number of benzene rings is 2. The molecule has 6 heteroatoms. The SMILES string of the molecule is CCCOc1ccc(C2c3c(oc4ccccc4c3=O)C(=O)N2CCN(C)C)cc1. The molecule has 2 aromatic carbocycles. The molecule has 6 nitrogen and oxygen atoms in total. The van der Waals surface area contributed by atoms with E-state index in [1.54, 1.807) is 29.2 Å². The Balaban J connectivity index is 1.82. The zero-order valence-corrected chi connectivity index (χ0v) is 17.6. The van der Waals surface area contributed by atoms with Crippen molar-refractivity contribution in [2.24, 2.45) is 0 Å². The molecule has 1 aliphatic rings. The van der Waals surface area contributed by atoms with Crippen LogP contribution in [0.2, 0.25) is 0 Å². The van der Waals surface area contributed by atoms with Crippen LogP contribution in [0.25, 0.3) is 11.0 Å². The molecule has 3 aromatic rings. The predicted molar refractivity (Wildman–Crippen MR) is 116 cm³/mol. The minimum Gasteiger partial charge on any atom is -0.494 e. The molecule has 0 saturated carbocycles. The Labute approximate surface area is 175 Å². The van der Waals surface area contributed by atoms with Gasteiger partial charge in [0.2, 0.25) is 5.76 Å². The lowest BCUT2D eigenvalue weighted by Crippen LogP contribution is -2.35. The number of para-hydroxylation sites is 1. The second-order valence-electron chi connectivity index (χ2n) is 7.79. The number of hydrogen-bond acceptors (Lipinski definition) is 5. The van der Waals surface area contributed by atoms with Crippen LogP contribution in [0, 0.1) is 0 Å². The molecule has 0 radical (unpaired) electrons. The highest BCUT2D eigenvalue weighted by Gasteiger charge is 2.42. The Kier molecular flexibility index (Phi) is 5.59. The highest BCUT2D eigenvalue weighted by atomic mass is 16.5. The summed E-state index contributed by atoms with van der Waals surface area (Å²) >= 11 is 0. The number of likely N-dealkylation sites (N-methyl/N-ethyl adjacent to an activating group) is 1. The zero-order chi connectivity index (χ0) is 21.3. The number of fused-ring (bicyclic) bond motifs is 2. The number of rotatable bonds is 7. The second kappa shape index (κ2) is 8.32. The summed E-state index contributed by atoms with van der Waals surface area (Å²) in [6.45, 7) is 3.88. The van der Waals surface area contributed by atoms with Crippen LogP contribution in [0.15, 0.2) is 57.7 Å². The lowest BCUT2D eigenvalue weighted by atomic mass is 9.98. The highest BCUT2D eigenvalue weighted by molar-refractivity contribution is 5.99. The van der Waals surface area contributed by atoms with Gasteiger partial charge in [-0.2, -0.15) is 0 Å². The molecule has 1 atom stereocenters. The summed E-state index contributed by atoms with van der Waals surface area (Å²) in [7, 11) is 3.92. The highest BCUT2D eigenvalue weighted by Crippen LogP contribution is 2.38. The van der Waals surface area contributed by atoms with E-state index < -0.39 is 6.04 Å². The molecule has 0 spiro atoms. The fraction of sp³-hybridized carbons (Fsp3) is 0.333. The largest absolute Gasteiger partial charge is 0.494 e. The van der Waals surface area contributed by atoms with E-state index in [1.165, 1.54) is 0 Å². The van der Waals surface area contributed by atoms with E-state index >= 15 is 0 Å². The minimum absolute atomic E-state index is 0.147. The Morgan fingerprint density at radius 3 is 2.50 bits per heavy atom. The van der Waals surface area contributed by atoms with Gasteiger partial charge in [-0.25, -0.2) is 0 Å². The first-order chi connectivity index (χ1) is 14.5. The molecule has 0 fully saturated rings. The molecule has 1 aromatic heterocycles. The summed E-state index contributed by atoms with van der Waals surface area (Å²) in [5.74, 6) is 0.676. The molecule has 0 saturated heterocycles. The summed E-state index contributed by atoms with van der Waals surface area (Å²) in [5.41, 5.74) is 1.57. The lowest BCUT2D eigenvalue weighted by molar-refractivity contribution is 0.0716. The van der Waals surface area contributed by atoms with Gasteiger partial charge in [-0.3, -0.25) is 9.59 Å². The van der Waals surface area contributed by atoms with E-state index in [0.29, 0.717) is 36.2 Å². The van der Waals surface area contributed by atoms with Gasteiger partial charge >= 0.3 is 0 Å². The van der Waals surface area contributed by atoms with Crippen molar-refractivity contribution in [3.8, 4) is 5.75 Å². The molecule has 1 amide bonds. The average Bonchev–Trinajstić information content (AvgIpc) is 3.03. The molecular formula is C24H26N2O4. The number of nitrogens with zero attached hydrogens (tertiary/aromatic N) is 2. The van der Waals surface area contributed by atoms with Gasteiger partial charge in [-0.05, 0) is 50.3 Å². The van der Waals surface area contributed by atoms with Crippen LogP contribution in [-0.2, 0) is 0 Å². The third kappa shape index (κ3) is 3.59. The molecular weight excluding hydrogens is 380 g/mol. The van der Waals surface area contributed by atoms with Gasteiger partial charge < -0.3 is 19.0 Å². The molecule has 1 aliphatic heterocycles. The Hall–Kier alpha value is -3.12. The van der Waals surface area contributed by atoms with Gasteiger partial charge in [0.05, 0.1) is 23.6 Å². The maximum atomic E-state index is 13.4. The molecule has 156 valence electrons. The fourth-order valence-corrected chi connectivity index (χ4v) is 3.82. The predicted octanol–water partition coefficient (Wildman–Crippen LogP) is 3.69. The van der Waals surface area contributed by atoms with Crippen molar-refractivity contribution >= 4 is 16.9 Å². The van der Waals surface area contributed by atoms with E-state index in [0.717, 1.165) is 17.7 Å².